The topological polar surface area (TPSA) is 64.1 Å². The lowest BCUT2D eigenvalue weighted by molar-refractivity contribution is 1.01. The van der Waals surface area contributed by atoms with Crippen molar-refractivity contribution >= 4 is 11.8 Å². The highest BCUT2D eigenvalue weighted by molar-refractivity contribution is 5.65. The second-order valence-electron chi connectivity index (χ2n) is 2.71. The third kappa shape index (κ3) is 2.89. The smallest absolute Gasteiger partial charge is 0.0557 e. The number of hydrogen-bond donors (Lipinski definition) is 3. The number of benzene rings is 1. The Bertz CT molecular complexity index is 281. The second-order valence-corrected chi connectivity index (χ2v) is 2.71. The van der Waals surface area contributed by atoms with Crippen LogP contribution in [-0.4, -0.2) is 6.54 Å². The van der Waals surface area contributed by atoms with Gasteiger partial charge in [0, 0.05) is 0 Å². The molecule has 0 unspecified atom stereocenters. The minimum atomic E-state index is 0.675. The number of nitrogens with one attached hydrogen (secondary N) is 1. The molecule has 1 aromatic carbocycles. The van der Waals surface area contributed by atoms with Crippen LogP contribution in [0.3, 0.4) is 0 Å². The normalized spacial score (nSPS) is 10.6. The van der Waals surface area contributed by atoms with Gasteiger partial charge in [-0.15, -0.1) is 0 Å². The number of rotatable bonds is 4. The predicted octanol–water partition coefficient (Wildman–Crippen LogP) is 1.33. The molecule has 13 heavy (non-hydrogen) atoms. The summed E-state index contributed by atoms with van der Waals surface area (Å²) in [6.07, 6.45) is 4.94. The van der Waals surface area contributed by atoms with E-state index in [1.54, 1.807) is 0 Å². The van der Waals surface area contributed by atoms with Gasteiger partial charge in [-0.1, -0.05) is 30.4 Å². The molecule has 0 saturated carbocycles. The molecule has 70 valence electrons. The van der Waals surface area contributed by atoms with Gasteiger partial charge in [0.05, 0.1) is 5.69 Å². The average Bonchev–Trinajstić information content (AvgIpc) is 2.19. The SMILES string of the molecule is NCCC=Cc1ccccc1NN. The van der Waals surface area contributed by atoms with E-state index in [4.69, 9.17) is 11.6 Å². The highest BCUT2D eigenvalue weighted by Crippen LogP contribution is 2.14. The molecule has 3 heteroatoms. The van der Waals surface area contributed by atoms with Crippen LogP contribution >= 0.6 is 0 Å². The first-order valence-corrected chi connectivity index (χ1v) is 4.30. The minimum Gasteiger partial charge on any atom is -0.330 e. The fourth-order valence-electron chi connectivity index (χ4n) is 1.08. The molecule has 0 spiro atoms. The standard InChI is InChI=1S/C10H15N3/c11-8-4-3-6-9-5-1-2-7-10(9)13-12/h1-3,5-7,13H,4,8,11-12H2. The molecule has 0 aromatic heterocycles. The van der Waals surface area contributed by atoms with Crippen molar-refractivity contribution in [3.05, 3.63) is 35.9 Å². The molecule has 0 saturated heterocycles. The first kappa shape index (κ1) is 9.77. The summed E-state index contributed by atoms with van der Waals surface area (Å²) in [5, 5.41) is 0. The fraction of sp³-hybridized carbons (Fsp3) is 0.200. The van der Waals surface area contributed by atoms with Gasteiger partial charge < -0.3 is 11.2 Å². The maximum absolute atomic E-state index is 5.37. The van der Waals surface area contributed by atoms with Crippen LogP contribution in [-0.2, 0) is 0 Å². The van der Waals surface area contributed by atoms with Crippen molar-refractivity contribution in [1.29, 1.82) is 0 Å². The number of nitrogen functional groups attached to an aromatic ring is 1. The fourth-order valence-corrected chi connectivity index (χ4v) is 1.08. The maximum atomic E-state index is 5.37. The zero-order valence-corrected chi connectivity index (χ0v) is 7.53. The van der Waals surface area contributed by atoms with Crippen LogP contribution in [0.5, 0.6) is 0 Å². The lowest BCUT2D eigenvalue weighted by Gasteiger charge is -2.03. The molecule has 1 rings (SSSR count). The average molecular weight is 177 g/mol. The Labute approximate surface area is 78.4 Å². The van der Waals surface area contributed by atoms with Gasteiger partial charge in [0.2, 0.25) is 0 Å². The zero-order chi connectivity index (χ0) is 9.52. The van der Waals surface area contributed by atoms with Crippen LogP contribution in [0, 0.1) is 0 Å². The van der Waals surface area contributed by atoms with E-state index < -0.39 is 0 Å². The van der Waals surface area contributed by atoms with Gasteiger partial charge in [-0.05, 0) is 24.6 Å². The van der Waals surface area contributed by atoms with Crippen LogP contribution in [0.1, 0.15) is 12.0 Å². The first-order valence-electron chi connectivity index (χ1n) is 4.30. The van der Waals surface area contributed by atoms with E-state index in [2.05, 4.69) is 5.43 Å². The third-order valence-corrected chi connectivity index (χ3v) is 1.75. The lowest BCUT2D eigenvalue weighted by atomic mass is 10.1. The molecule has 0 aliphatic carbocycles. The van der Waals surface area contributed by atoms with Crippen molar-refractivity contribution in [2.24, 2.45) is 11.6 Å². The number of anilines is 1. The van der Waals surface area contributed by atoms with Crippen molar-refractivity contribution in [2.75, 3.05) is 12.0 Å². The summed E-state index contributed by atoms with van der Waals surface area (Å²) in [4.78, 5) is 0. The number of nitrogens with two attached hydrogens (primary N) is 2. The van der Waals surface area contributed by atoms with Crippen molar-refractivity contribution in [3.63, 3.8) is 0 Å². The zero-order valence-electron chi connectivity index (χ0n) is 7.53. The summed E-state index contributed by atoms with van der Waals surface area (Å²) in [5.74, 6) is 5.35. The number of para-hydroxylation sites is 1. The van der Waals surface area contributed by atoms with E-state index in [9.17, 15) is 0 Å². The minimum absolute atomic E-state index is 0.675. The van der Waals surface area contributed by atoms with Crippen molar-refractivity contribution in [3.8, 4) is 0 Å². The molecule has 0 aliphatic rings. The molecule has 0 amide bonds. The molecular weight excluding hydrogens is 162 g/mol. The molecular formula is C10H15N3. The Kier molecular flexibility index (Phi) is 4.02. The largest absolute Gasteiger partial charge is 0.330 e. The van der Waals surface area contributed by atoms with E-state index in [1.165, 1.54) is 0 Å². The molecule has 0 bridgehead atoms. The van der Waals surface area contributed by atoms with Gasteiger partial charge in [0.15, 0.2) is 0 Å². The van der Waals surface area contributed by atoms with Crippen LogP contribution in [0.25, 0.3) is 6.08 Å². The van der Waals surface area contributed by atoms with Crippen LogP contribution in [0.2, 0.25) is 0 Å². The summed E-state index contributed by atoms with van der Waals surface area (Å²) < 4.78 is 0. The third-order valence-electron chi connectivity index (χ3n) is 1.75. The quantitative estimate of drug-likeness (QED) is 0.480. The highest BCUT2D eigenvalue weighted by Gasteiger charge is 1.93. The Morgan fingerprint density at radius 1 is 1.31 bits per heavy atom. The van der Waals surface area contributed by atoms with Gasteiger partial charge in [0.1, 0.15) is 0 Å². The maximum Gasteiger partial charge on any atom is 0.0557 e. The second kappa shape index (κ2) is 5.35. The Morgan fingerprint density at radius 2 is 2.08 bits per heavy atom. The summed E-state index contributed by atoms with van der Waals surface area (Å²) in [6, 6.07) is 7.85. The van der Waals surface area contributed by atoms with Crippen molar-refractivity contribution in [2.45, 2.75) is 6.42 Å². The van der Waals surface area contributed by atoms with Crippen molar-refractivity contribution < 1.29 is 0 Å². The number of hydrogen-bond acceptors (Lipinski definition) is 3. The monoisotopic (exact) mass is 177 g/mol. The number of hydrazine groups is 1. The predicted molar refractivity (Wildman–Crippen MR) is 57.0 cm³/mol. The van der Waals surface area contributed by atoms with E-state index in [0.717, 1.165) is 17.7 Å². The molecule has 0 aliphatic heterocycles. The Hall–Kier alpha value is -1.32. The van der Waals surface area contributed by atoms with Crippen molar-refractivity contribution in [1.82, 2.24) is 0 Å². The Morgan fingerprint density at radius 3 is 2.77 bits per heavy atom. The molecule has 5 N–H and O–H groups in total. The van der Waals surface area contributed by atoms with E-state index >= 15 is 0 Å². The molecule has 0 fully saturated rings. The summed E-state index contributed by atoms with van der Waals surface area (Å²) in [6.45, 7) is 0.675. The summed E-state index contributed by atoms with van der Waals surface area (Å²) in [7, 11) is 0. The van der Waals surface area contributed by atoms with E-state index in [-0.39, 0.29) is 0 Å². The highest BCUT2D eigenvalue weighted by atomic mass is 15.2. The van der Waals surface area contributed by atoms with E-state index in [0.29, 0.717) is 6.54 Å². The Balaban J connectivity index is 2.74. The van der Waals surface area contributed by atoms with Crippen LogP contribution in [0.15, 0.2) is 30.3 Å². The molecule has 0 atom stereocenters. The van der Waals surface area contributed by atoms with Gasteiger partial charge in [0.25, 0.3) is 0 Å². The molecule has 3 nitrogen and oxygen atoms in total. The molecule has 0 radical (unpaired) electrons. The first-order chi connectivity index (χ1) is 6.38. The van der Waals surface area contributed by atoms with Gasteiger partial charge in [-0.25, -0.2) is 0 Å². The van der Waals surface area contributed by atoms with Gasteiger partial charge >= 0.3 is 0 Å². The van der Waals surface area contributed by atoms with E-state index in [1.807, 2.05) is 36.4 Å². The van der Waals surface area contributed by atoms with Gasteiger partial charge in [-0.3, -0.25) is 5.84 Å². The van der Waals surface area contributed by atoms with Gasteiger partial charge in [-0.2, -0.15) is 0 Å². The van der Waals surface area contributed by atoms with Crippen LogP contribution < -0.4 is 17.0 Å². The molecule has 1 aromatic rings. The summed E-state index contributed by atoms with van der Waals surface area (Å²) in [5.41, 5.74) is 10.0. The molecule has 0 heterocycles. The van der Waals surface area contributed by atoms with Crippen LogP contribution in [0.4, 0.5) is 5.69 Å². The summed E-state index contributed by atoms with van der Waals surface area (Å²) >= 11 is 0. The lowest BCUT2D eigenvalue weighted by Crippen LogP contribution is -2.07.